The van der Waals surface area contributed by atoms with Crippen molar-refractivity contribution in [1.82, 2.24) is 14.7 Å². The van der Waals surface area contributed by atoms with Gasteiger partial charge in [0.05, 0.1) is 24.8 Å². The third-order valence-electron chi connectivity index (χ3n) is 7.40. The molecule has 10 nitrogen and oxygen atoms in total. The molecule has 3 amide bonds. The lowest BCUT2D eigenvalue weighted by atomic mass is 9.93. The van der Waals surface area contributed by atoms with Gasteiger partial charge in [0, 0.05) is 29.2 Å². The molecule has 0 aliphatic carbocycles. The second kappa shape index (κ2) is 14.2. The lowest BCUT2D eigenvalue weighted by Gasteiger charge is -2.38. The molecule has 0 spiro atoms. The second-order valence-corrected chi connectivity index (χ2v) is 11.6. The molecule has 3 aromatic rings. The van der Waals surface area contributed by atoms with Gasteiger partial charge in [-0.2, -0.15) is 0 Å². The van der Waals surface area contributed by atoms with Crippen molar-refractivity contribution in [3.8, 4) is 11.5 Å². The summed E-state index contributed by atoms with van der Waals surface area (Å²) in [4.78, 5) is 48.2. The maximum atomic E-state index is 14.6. The Balaban J connectivity index is 0.00000461. The number of hydrogen-bond donors (Lipinski definition) is 1. The lowest BCUT2D eigenvalue weighted by Crippen LogP contribution is -2.57. The highest BCUT2D eigenvalue weighted by atomic mass is 35.5. The Hall–Kier alpha value is -4.28. The zero-order valence-corrected chi connectivity index (χ0v) is 26.0. The van der Waals surface area contributed by atoms with Crippen LogP contribution in [0, 0.1) is 0 Å². The summed E-state index contributed by atoms with van der Waals surface area (Å²) in [5, 5.41) is 10.3. The average molecular weight is 656 g/mol. The first-order chi connectivity index (χ1) is 21.0. The van der Waals surface area contributed by atoms with Crippen molar-refractivity contribution >= 4 is 46.9 Å². The summed E-state index contributed by atoms with van der Waals surface area (Å²) in [6.45, 7) is 3.35. The summed E-state index contributed by atoms with van der Waals surface area (Å²) in [6.07, 6.45) is -0.189. The van der Waals surface area contributed by atoms with E-state index in [4.69, 9.17) is 37.7 Å². The number of carboxylic acid groups (broad SMARTS) is 1. The topological polar surface area (TPSA) is 112 Å². The van der Waals surface area contributed by atoms with Crippen molar-refractivity contribution in [3.05, 3.63) is 93.5 Å². The molecule has 2 atom stereocenters. The highest BCUT2D eigenvalue weighted by Gasteiger charge is 2.45. The number of rotatable bonds is 8. The number of hydrogen-bond acceptors (Lipinski definition) is 6. The molecule has 1 N–H and O–H groups in total. The Morgan fingerprint density at radius 3 is 2.16 bits per heavy atom. The molecule has 2 aliphatic heterocycles. The fourth-order valence-corrected chi connectivity index (χ4v) is 5.63. The van der Waals surface area contributed by atoms with Gasteiger partial charge in [0.15, 0.2) is 0 Å². The molecule has 2 aliphatic rings. The van der Waals surface area contributed by atoms with Gasteiger partial charge in [-0.15, -0.1) is 0 Å². The maximum Gasteiger partial charge on any atom is 0.326 e. The van der Waals surface area contributed by atoms with Crippen LogP contribution in [0.15, 0.2) is 71.7 Å². The van der Waals surface area contributed by atoms with Gasteiger partial charge in [0.25, 0.3) is 0 Å². The van der Waals surface area contributed by atoms with E-state index in [1.165, 1.54) is 9.80 Å². The van der Waals surface area contributed by atoms with Gasteiger partial charge in [0.2, 0.25) is 5.91 Å². The van der Waals surface area contributed by atoms with E-state index in [2.05, 4.69) is 0 Å². The monoisotopic (exact) mass is 654 g/mol. The van der Waals surface area contributed by atoms with E-state index in [0.29, 0.717) is 32.9 Å². The number of piperazine rings is 1. The van der Waals surface area contributed by atoms with Crippen LogP contribution in [0.2, 0.25) is 10.0 Å². The van der Waals surface area contributed by atoms with Gasteiger partial charge < -0.3 is 24.4 Å². The zero-order chi connectivity index (χ0) is 31.5. The first kappa shape index (κ1) is 33.6. The third kappa shape index (κ3) is 7.34. The molecule has 0 aromatic heterocycles. The maximum absolute atomic E-state index is 14.6. The lowest BCUT2D eigenvalue weighted by molar-refractivity contribution is -0.146. The smallest absolute Gasteiger partial charge is 0.326 e. The molecule has 0 radical (unpaired) electrons. The number of carboxylic acids is 1. The zero-order valence-electron chi connectivity index (χ0n) is 24.4. The molecule has 2 heterocycles. The van der Waals surface area contributed by atoms with Crippen LogP contribution >= 0.6 is 23.2 Å². The van der Waals surface area contributed by atoms with Gasteiger partial charge in [0.1, 0.15) is 36.5 Å². The number of halogens is 2. The number of carbonyl (C=O) groups excluding carboxylic acids is 2. The molecule has 1 fully saturated rings. The van der Waals surface area contributed by atoms with Gasteiger partial charge in [-0.1, -0.05) is 54.9 Å². The Bertz CT molecular complexity index is 1580. The number of amidine groups is 1. The number of benzene rings is 3. The molecule has 1 saturated heterocycles. The van der Waals surface area contributed by atoms with Gasteiger partial charge in [-0.3, -0.25) is 19.5 Å². The predicted octanol–water partition coefficient (Wildman–Crippen LogP) is 6.32. The average Bonchev–Trinajstić information content (AvgIpc) is 3.38. The van der Waals surface area contributed by atoms with Crippen molar-refractivity contribution in [2.45, 2.75) is 39.5 Å². The van der Waals surface area contributed by atoms with E-state index in [-0.39, 0.29) is 33.2 Å². The van der Waals surface area contributed by atoms with E-state index in [1.807, 2.05) is 38.1 Å². The normalized spacial score (nSPS) is 18.0. The van der Waals surface area contributed by atoms with Crippen LogP contribution in [0.3, 0.4) is 0 Å². The molecular formula is C33H36Cl2N4O6. The summed E-state index contributed by atoms with van der Waals surface area (Å²) >= 11 is 12.5. The van der Waals surface area contributed by atoms with Crippen LogP contribution in [0.25, 0.3) is 0 Å². The fourth-order valence-electron chi connectivity index (χ4n) is 5.37. The van der Waals surface area contributed by atoms with Gasteiger partial charge >= 0.3 is 12.0 Å². The first-order valence-electron chi connectivity index (χ1n) is 14.1. The van der Waals surface area contributed by atoms with Crippen molar-refractivity contribution < 1.29 is 29.0 Å². The number of carbonyl (C=O) groups is 3. The third-order valence-corrected chi connectivity index (χ3v) is 7.91. The first-order valence-corrected chi connectivity index (χ1v) is 14.8. The minimum Gasteiger partial charge on any atom is -0.497 e. The Labute approximate surface area is 272 Å². The highest BCUT2D eigenvalue weighted by Crippen LogP contribution is 2.46. The number of nitrogens with zero attached hydrogens (tertiary/aromatic N) is 4. The number of urea groups is 1. The van der Waals surface area contributed by atoms with Crippen LogP contribution in [-0.2, 0) is 9.59 Å². The van der Waals surface area contributed by atoms with E-state index in [1.54, 1.807) is 54.5 Å². The van der Waals surface area contributed by atoms with Crippen LogP contribution in [0.5, 0.6) is 11.5 Å². The number of aliphatic imine (C=N–C) groups is 1. The molecule has 238 valence electrons. The second-order valence-electron chi connectivity index (χ2n) is 10.8. The van der Waals surface area contributed by atoms with Gasteiger partial charge in [-0.05, 0) is 61.4 Å². The van der Waals surface area contributed by atoms with Crippen LogP contribution in [0.1, 0.15) is 50.0 Å². The van der Waals surface area contributed by atoms with Crippen LogP contribution in [-0.4, -0.2) is 82.9 Å². The van der Waals surface area contributed by atoms with Crippen molar-refractivity contribution in [3.63, 3.8) is 0 Å². The molecule has 0 bridgehead atoms. The SMILES string of the molecule is C.COc1ccc(C2=N[C@@H](c3ccc(Cl)cc3)[C@@H](c3ccc(Cl)cc3)N2C(=O)N2CCN(CC(=O)O)C(=O)C2)c(OC(C)C)c1. The quantitative estimate of drug-likeness (QED) is 0.304. The van der Waals surface area contributed by atoms with E-state index in [9.17, 15) is 19.5 Å². The van der Waals surface area contributed by atoms with E-state index < -0.39 is 36.5 Å². The van der Waals surface area contributed by atoms with Crippen LogP contribution < -0.4 is 9.47 Å². The largest absolute Gasteiger partial charge is 0.497 e. The molecule has 45 heavy (non-hydrogen) atoms. The Morgan fingerprint density at radius 1 is 0.978 bits per heavy atom. The van der Waals surface area contributed by atoms with Crippen molar-refractivity contribution in [2.75, 3.05) is 33.3 Å². The highest BCUT2D eigenvalue weighted by molar-refractivity contribution is 6.30. The summed E-state index contributed by atoms with van der Waals surface area (Å²) in [7, 11) is 1.56. The Morgan fingerprint density at radius 2 is 1.60 bits per heavy atom. The van der Waals surface area contributed by atoms with Gasteiger partial charge in [-0.25, -0.2) is 4.79 Å². The molecular weight excluding hydrogens is 619 g/mol. The van der Waals surface area contributed by atoms with Crippen molar-refractivity contribution in [1.29, 1.82) is 0 Å². The van der Waals surface area contributed by atoms with Crippen LogP contribution in [0.4, 0.5) is 4.79 Å². The fraction of sp³-hybridized carbons (Fsp3) is 0.333. The molecule has 0 saturated carbocycles. The predicted molar refractivity (Wildman–Crippen MR) is 173 cm³/mol. The summed E-state index contributed by atoms with van der Waals surface area (Å²) in [5.41, 5.74) is 2.17. The van der Waals surface area contributed by atoms with E-state index in [0.717, 1.165) is 11.1 Å². The number of methoxy groups -OCH3 is 1. The van der Waals surface area contributed by atoms with Crippen molar-refractivity contribution in [2.24, 2.45) is 4.99 Å². The van der Waals surface area contributed by atoms with E-state index >= 15 is 0 Å². The Kier molecular flexibility index (Phi) is 10.6. The minimum atomic E-state index is -1.11. The molecule has 3 aromatic carbocycles. The molecule has 12 heteroatoms. The summed E-state index contributed by atoms with van der Waals surface area (Å²) < 4.78 is 11.7. The standard InChI is InChI=1S/C32H32Cl2N4O6.CH4/c1-19(2)44-26-16-24(43-3)12-13-25(26)31-35-29(20-4-8-22(33)9-5-20)30(21-6-10-23(34)11-7-21)38(31)32(42)37-15-14-36(18-28(40)41)27(39)17-37;/h4-13,16,19,29-30H,14-15,17-18H2,1-3H3,(H,40,41);1H4/t29-,30+;/m0./s1. The summed E-state index contributed by atoms with van der Waals surface area (Å²) in [6, 6.07) is 18.2. The minimum absolute atomic E-state index is 0. The summed E-state index contributed by atoms with van der Waals surface area (Å²) in [5.74, 6) is -0.156. The molecule has 0 unspecified atom stereocenters. The number of aliphatic carboxylic acids is 1. The number of ether oxygens (including phenoxy) is 2. The molecule has 5 rings (SSSR count). The number of amides is 3.